The van der Waals surface area contributed by atoms with Gasteiger partial charge >= 0.3 is 6.03 Å². The summed E-state index contributed by atoms with van der Waals surface area (Å²) >= 11 is 0. The van der Waals surface area contributed by atoms with Crippen molar-refractivity contribution in [2.45, 2.75) is 32.0 Å². The van der Waals surface area contributed by atoms with Gasteiger partial charge in [0.2, 0.25) is 5.91 Å². The molecule has 2 atom stereocenters. The number of aliphatic hydroxyl groups is 1. The minimum absolute atomic E-state index is 0.0338. The summed E-state index contributed by atoms with van der Waals surface area (Å²) in [5.74, 6) is 0.0402. The van der Waals surface area contributed by atoms with Gasteiger partial charge in [-0.05, 0) is 18.1 Å². The molecule has 1 aliphatic rings. The van der Waals surface area contributed by atoms with E-state index in [1.54, 1.807) is 4.90 Å². The van der Waals surface area contributed by atoms with Crippen molar-refractivity contribution in [1.82, 2.24) is 15.1 Å². The van der Waals surface area contributed by atoms with Crippen molar-refractivity contribution < 1.29 is 14.7 Å². The molecular formula is C22H27N3O3. The summed E-state index contributed by atoms with van der Waals surface area (Å²) in [6.07, 6.45) is 0.293. The number of rotatable bonds is 7. The van der Waals surface area contributed by atoms with E-state index in [1.807, 2.05) is 72.5 Å². The van der Waals surface area contributed by atoms with Crippen molar-refractivity contribution in [3.63, 3.8) is 0 Å². The molecular weight excluding hydrogens is 354 g/mol. The summed E-state index contributed by atoms with van der Waals surface area (Å²) in [5, 5.41) is 12.3. The zero-order valence-corrected chi connectivity index (χ0v) is 16.1. The number of nitrogens with one attached hydrogen (secondary N) is 1. The molecule has 0 spiro atoms. The van der Waals surface area contributed by atoms with Gasteiger partial charge in [0.25, 0.3) is 0 Å². The van der Waals surface area contributed by atoms with Crippen LogP contribution in [0.4, 0.5) is 4.79 Å². The van der Waals surface area contributed by atoms with E-state index in [4.69, 9.17) is 0 Å². The number of carbonyl (C=O) groups is 2. The van der Waals surface area contributed by atoms with Crippen LogP contribution in [0.25, 0.3) is 0 Å². The summed E-state index contributed by atoms with van der Waals surface area (Å²) < 4.78 is 0. The van der Waals surface area contributed by atoms with Crippen LogP contribution >= 0.6 is 0 Å². The highest BCUT2D eigenvalue weighted by atomic mass is 16.3. The number of urea groups is 1. The normalized spacial score (nSPS) is 17.4. The molecule has 6 heteroatoms. The number of hydrogen-bond donors (Lipinski definition) is 2. The quantitative estimate of drug-likeness (QED) is 0.774. The third kappa shape index (κ3) is 4.89. The highest BCUT2D eigenvalue weighted by Crippen LogP contribution is 2.25. The Bertz CT molecular complexity index is 782. The van der Waals surface area contributed by atoms with Crippen LogP contribution in [-0.4, -0.2) is 52.6 Å². The van der Waals surface area contributed by atoms with Crippen LogP contribution in [0.2, 0.25) is 0 Å². The molecule has 1 aliphatic heterocycles. The molecule has 3 rings (SSSR count). The average molecular weight is 381 g/mol. The molecule has 0 aromatic heterocycles. The zero-order chi connectivity index (χ0) is 19.9. The lowest BCUT2D eigenvalue weighted by Gasteiger charge is -2.27. The van der Waals surface area contributed by atoms with Crippen molar-refractivity contribution in [3.8, 4) is 0 Å². The molecule has 148 valence electrons. The average Bonchev–Trinajstić information content (AvgIpc) is 3.08. The van der Waals surface area contributed by atoms with E-state index < -0.39 is 0 Å². The molecule has 2 aromatic carbocycles. The molecule has 1 fully saturated rings. The Balaban J connectivity index is 1.61. The highest BCUT2D eigenvalue weighted by Gasteiger charge is 2.34. The summed E-state index contributed by atoms with van der Waals surface area (Å²) in [5.41, 5.74) is 2.07. The second kappa shape index (κ2) is 9.37. The maximum absolute atomic E-state index is 12.7. The van der Waals surface area contributed by atoms with Crippen LogP contribution in [0.15, 0.2) is 60.7 Å². The van der Waals surface area contributed by atoms with Crippen molar-refractivity contribution in [2.75, 3.05) is 19.7 Å². The zero-order valence-electron chi connectivity index (χ0n) is 16.1. The van der Waals surface area contributed by atoms with Gasteiger partial charge in [0.1, 0.15) is 0 Å². The maximum atomic E-state index is 12.7. The van der Waals surface area contributed by atoms with Crippen molar-refractivity contribution in [2.24, 2.45) is 0 Å². The molecule has 0 bridgehead atoms. The highest BCUT2D eigenvalue weighted by molar-refractivity contribution is 5.82. The largest absolute Gasteiger partial charge is 0.395 e. The van der Waals surface area contributed by atoms with Gasteiger partial charge in [0.15, 0.2) is 0 Å². The molecule has 0 saturated carbocycles. The molecule has 2 aromatic rings. The lowest BCUT2D eigenvalue weighted by Crippen LogP contribution is -2.46. The Morgan fingerprint density at radius 2 is 1.82 bits per heavy atom. The number of hydrogen-bond acceptors (Lipinski definition) is 3. The fourth-order valence-corrected chi connectivity index (χ4v) is 3.56. The topological polar surface area (TPSA) is 72.9 Å². The van der Waals surface area contributed by atoms with E-state index in [1.165, 1.54) is 0 Å². The Morgan fingerprint density at radius 1 is 1.18 bits per heavy atom. The van der Waals surface area contributed by atoms with Crippen LogP contribution in [-0.2, 0) is 11.3 Å². The molecule has 0 aliphatic carbocycles. The van der Waals surface area contributed by atoms with Gasteiger partial charge in [-0.25, -0.2) is 4.79 Å². The second-order valence-electron chi connectivity index (χ2n) is 7.11. The Labute approximate surface area is 165 Å². The second-order valence-corrected chi connectivity index (χ2v) is 7.11. The molecule has 6 nitrogen and oxygen atoms in total. The lowest BCUT2D eigenvalue weighted by molar-refractivity contribution is -0.129. The van der Waals surface area contributed by atoms with E-state index in [9.17, 15) is 14.7 Å². The SMILES string of the molecule is CC(c1ccccc1)N1CC(NC(=O)N(CCO)Cc2ccccc2)CC1=O. The summed E-state index contributed by atoms with van der Waals surface area (Å²) in [6, 6.07) is 19.0. The van der Waals surface area contributed by atoms with E-state index in [-0.39, 0.29) is 37.2 Å². The number of nitrogens with zero attached hydrogens (tertiary/aromatic N) is 2. The van der Waals surface area contributed by atoms with E-state index in [0.29, 0.717) is 19.5 Å². The van der Waals surface area contributed by atoms with Crippen LogP contribution < -0.4 is 5.32 Å². The minimum atomic E-state index is -0.259. The third-order valence-corrected chi connectivity index (χ3v) is 5.11. The van der Waals surface area contributed by atoms with Gasteiger partial charge in [-0.15, -0.1) is 0 Å². The van der Waals surface area contributed by atoms with Gasteiger partial charge < -0.3 is 20.2 Å². The standard InChI is InChI=1S/C22H27N3O3/c1-17(19-10-6-3-7-11-19)25-16-20(14-21(25)27)23-22(28)24(12-13-26)15-18-8-4-2-5-9-18/h2-11,17,20,26H,12-16H2,1H3,(H,23,28). The molecule has 2 N–H and O–H groups in total. The fourth-order valence-electron chi connectivity index (χ4n) is 3.56. The third-order valence-electron chi connectivity index (χ3n) is 5.11. The number of likely N-dealkylation sites (tertiary alicyclic amines) is 1. The Hall–Kier alpha value is -2.86. The molecule has 1 saturated heterocycles. The van der Waals surface area contributed by atoms with Crippen molar-refractivity contribution in [3.05, 3.63) is 71.8 Å². The number of benzene rings is 2. The summed E-state index contributed by atoms with van der Waals surface area (Å²) in [7, 11) is 0. The first kappa shape index (κ1) is 19.9. The smallest absolute Gasteiger partial charge is 0.318 e. The molecule has 3 amide bonds. The Kier molecular flexibility index (Phi) is 6.66. The first-order valence-corrected chi connectivity index (χ1v) is 9.63. The maximum Gasteiger partial charge on any atom is 0.318 e. The summed E-state index contributed by atoms with van der Waals surface area (Å²) in [4.78, 5) is 28.6. The van der Waals surface area contributed by atoms with Crippen LogP contribution in [0, 0.1) is 0 Å². The fraction of sp³-hybridized carbons (Fsp3) is 0.364. The van der Waals surface area contributed by atoms with Crippen molar-refractivity contribution in [1.29, 1.82) is 0 Å². The predicted molar refractivity (Wildman–Crippen MR) is 107 cm³/mol. The molecule has 2 unspecified atom stereocenters. The molecule has 0 radical (unpaired) electrons. The lowest BCUT2D eigenvalue weighted by atomic mass is 10.1. The minimum Gasteiger partial charge on any atom is -0.395 e. The molecule has 1 heterocycles. The van der Waals surface area contributed by atoms with Crippen molar-refractivity contribution >= 4 is 11.9 Å². The van der Waals surface area contributed by atoms with E-state index in [2.05, 4.69) is 5.32 Å². The predicted octanol–water partition coefficient (Wildman–Crippen LogP) is 2.55. The van der Waals surface area contributed by atoms with Gasteiger partial charge in [-0.3, -0.25) is 4.79 Å². The van der Waals surface area contributed by atoms with Gasteiger partial charge in [-0.1, -0.05) is 60.7 Å². The van der Waals surface area contributed by atoms with Crippen LogP contribution in [0.3, 0.4) is 0 Å². The van der Waals surface area contributed by atoms with Gasteiger partial charge in [0, 0.05) is 26.1 Å². The van der Waals surface area contributed by atoms with Gasteiger partial charge in [-0.2, -0.15) is 0 Å². The van der Waals surface area contributed by atoms with E-state index in [0.717, 1.165) is 11.1 Å². The number of amides is 3. The summed E-state index contributed by atoms with van der Waals surface area (Å²) in [6.45, 7) is 3.04. The monoisotopic (exact) mass is 381 g/mol. The van der Waals surface area contributed by atoms with Gasteiger partial charge in [0.05, 0.1) is 18.7 Å². The van der Waals surface area contributed by atoms with E-state index >= 15 is 0 Å². The van der Waals surface area contributed by atoms with Crippen LogP contribution in [0.5, 0.6) is 0 Å². The first-order chi connectivity index (χ1) is 13.6. The van der Waals surface area contributed by atoms with Crippen LogP contribution in [0.1, 0.15) is 30.5 Å². The number of carbonyl (C=O) groups excluding carboxylic acids is 2. The first-order valence-electron chi connectivity index (χ1n) is 9.63. The molecule has 28 heavy (non-hydrogen) atoms. The number of aliphatic hydroxyl groups excluding tert-OH is 1. The Morgan fingerprint density at radius 3 is 2.46 bits per heavy atom.